The number of aliphatic hydroxyl groups is 1. The van der Waals surface area contributed by atoms with Crippen molar-refractivity contribution in [3.8, 4) is 0 Å². The Hall–Kier alpha value is 0.270. The summed E-state index contributed by atoms with van der Waals surface area (Å²) in [6.07, 6.45) is 6.06. The van der Waals surface area contributed by atoms with E-state index in [0.29, 0.717) is 17.9 Å². The van der Waals surface area contributed by atoms with E-state index in [1.807, 2.05) is 11.8 Å². The second kappa shape index (κ2) is 11.7. The number of aliphatic hydroxyl groups excluding tert-OH is 1. The van der Waals surface area contributed by atoms with E-state index in [0.717, 1.165) is 13.0 Å². The molecule has 0 aromatic carbocycles. The van der Waals surface area contributed by atoms with E-state index < -0.39 is 0 Å². The van der Waals surface area contributed by atoms with Crippen LogP contribution in [-0.2, 0) is 0 Å². The predicted molar refractivity (Wildman–Crippen MR) is 75.2 cm³/mol. The summed E-state index contributed by atoms with van der Waals surface area (Å²) in [7, 11) is 0. The molecule has 0 aromatic rings. The van der Waals surface area contributed by atoms with Crippen molar-refractivity contribution in [1.82, 2.24) is 5.32 Å². The normalized spacial score (nSPS) is 15.0. The minimum absolute atomic E-state index is 0.326. The fourth-order valence-corrected chi connectivity index (χ4v) is 2.64. The Labute approximate surface area is 106 Å². The molecule has 0 radical (unpaired) electrons. The van der Waals surface area contributed by atoms with Gasteiger partial charge in [-0.2, -0.15) is 11.8 Å². The highest BCUT2D eigenvalue weighted by Gasteiger charge is 2.02. The van der Waals surface area contributed by atoms with Crippen LogP contribution in [0.5, 0.6) is 0 Å². The van der Waals surface area contributed by atoms with Gasteiger partial charge in [-0.3, -0.25) is 0 Å². The summed E-state index contributed by atoms with van der Waals surface area (Å²) in [5.41, 5.74) is 0. The van der Waals surface area contributed by atoms with Crippen LogP contribution in [0.2, 0.25) is 0 Å². The maximum atomic E-state index is 8.77. The van der Waals surface area contributed by atoms with E-state index >= 15 is 0 Å². The molecule has 0 heterocycles. The molecule has 0 saturated heterocycles. The zero-order chi connectivity index (χ0) is 12.2. The third-order valence-corrected chi connectivity index (χ3v) is 4.04. The van der Waals surface area contributed by atoms with Crippen molar-refractivity contribution in [2.45, 2.75) is 64.2 Å². The summed E-state index contributed by atoms with van der Waals surface area (Å²) >= 11 is 1.99. The van der Waals surface area contributed by atoms with Gasteiger partial charge in [0.05, 0.1) is 0 Å². The van der Waals surface area contributed by atoms with Gasteiger partial charge >= 0.3 is 0 Å². The van der Waals surface area contributed by atoms with Gasteiger partial charge in [-0.05, 0) is 44.9 Å². The Balaban J connectivity index is 3.19. The summed E-state index contributed by atoms with van der Waals surface area (Å²) in [4.78, 5) is 0. The van der Waals surface area contributed by atoms with E-state index in [-0.39, 0.29) is 0 Å². The first-order chi connectivity index (χ1) is 7.70. The summed E-state index contributed by atoms with van der Waals surface area (Å²) in [5.74, 6) is 1.24. The van der Waals surface area contributed by atoms with Crippen molar-refractivity contribution < 1.29 is 5.11 Å². The molecule has 0 aromatic heterocycles. The highest BCUT2D eigenvalue weighted by molar-refractivity contribution is 7.99. The van der Waals surface area contributed by atoms with Gasteiger partial charge < -0.3 is 10.4 Å². The molecule has 16 heavy (non-hydrogen) atoms. The quantitative estimate of drug-likeness (QED) is 0.550. The Morgan fingerprint density at radius 2 is 1.94 bits per heavy atom. The molecule has 0 saturated carbocycles. The lowest BCUT2D eigenvalue weighted by Crippen LogP contribution is -2.26. The zero-order valence-corrected chi connectivity index (χ0v) is 12.0. The Morgan fingerprint density at radius 1 is 1.19 bits per heavy atom. The largest absolute Gasteiger partial charge is 0.396 e. The van der Waals surface area contributed by atoms with Gasteiger partial charge in [-0.15, -0.1) is 0 Å². The average molecular weight is 247 g/mol. The first-order valence-electron chi connectivity index (χ1n) is 6.66. The van der Waals surface area contributed by atoms with E-state index in [4.69, 9.17) is 5.11 Å². The fourth-order valence-electron chi connectivity index (χ4n) is 1.60. The molecule has 0 bridgehead atoms. The highest BCUT2D eigenvalue weighted by Crippen LogP contribution is 2.16. The molecule has 0 rings (SSSR count). The van der Waals surface area contributed by atoms with Gasteiger partial charge in [-0.1, -0.05) is 20.3 Å². The molecule has 0 fully saturated rings. The molecular formula is C13H29NOS. The van der Waals surface area contributed by atoms with Gasteiger partial charge in [0.15, 0.2) is 0 Å². The van der Waals surface area contributed by atoms with Crippen LogP contribution in [0.4, 0.5) is 0 Å². The molecule has 2 atom stereocenters. The lowest BCUT2D eigenvalue weighted by Gasteiger charge is -2.13. The van der Waals surface area contributed by atoms with E-state index in [1.165, 1.54) is 31.4 Å². The lowest BCUT2D eigenvalue weighted by atomic mass is 10.1. The lowest BCUT2D eigenvalue weighted by molar-refractivity contribution is 0.289. The standard InChI is InChI=1S/C13H29NOS/c1-4-9-14-12(2)7-5-6-11-16-13(3)8-10-15/h12-15H,4-11H2,1-3H3. The van der Waals surface area contributed by atoms with Crippen LogP contribution in [0.1, 0.15) is 52.9 Å². The smallest absolute Gasteiger partial charge is 0.0441 e. The average Bonchev–Trinajstić information content (AvgIpc) is 2.26. The van der Waals surface area contributed by atoms with E-state index in [9.17, 15) is 0 Å². The Morgan fingerprint density at radius 3 is 2.56 bits per heavy atom. The van der Waals surface area contributed by atoms with Crippen molar-refractivity contribution in [2.75, 3.05) is 18.9 Å². The van der Waals surface area contributed by atoms with Crippen LogP contribution in [0.15, 0.2) is 0 Å². The predicted octanol–water partition coefficient (Wildman–Crippen LogP) is 3.05. The van der Waals surface area contributed by atoms with Crippen molar-refractivity contribution >= 4 is 11.8 Å². The maximum Gasteiger partial charge on any atom is 0.0441 e. The minimum atomic E-state index is 0.326. The zero-order valence-electron chi connectivity index (χ0n) is 11.2. The molecule has 0 aliphatic carbocycles. The fraction of sp³-hybridized carbons (Fsp3) is 1.00. The van der Waals surface area contributed by atoms with Crippen molar-refractivity contribution in [2.24, 2.45) is 0 Å². The summed E-state index contributed by atoms with van der Waals surface area (Å²) in [6.45, 7) is 8.15. The van der Waals surface area contributed by atoms with Crippen molar-refractivity contribution in [1.29, 1.82) is 0 Å². The van der Waals surface area contributed by atoms with Crippen LogP contribution in [-0.4, -0.2) is 35.3 Å². The number of hydrogen-bond donors (Lipinski definition) is 2. The first-order valence-corrected chi connectivity index (χ1v) is 7.71. The van der Waals surface area contributed by atoms with Crippen molar-refractivity contribution in [3.63, 3.8) is 0 Å². The monoisotopic (exact) mass is 247 g/mol. The summed E-state index contributed by atoms with van der Waals surface area (Å²) < 4.78 is 0. The molecule has 2 unspecified atom stereocenters. The third kappa shape index (κ3) is 10.8. The third-order valence-electron chi connectivity index (χ3n) is 2.71. The van der Waals surface area contributed by atoms with Gasteiger partial charge in [0.1, 0.15) is 0 Å². The molecule has 3 heteroatoms. The number of unbranched alkanes of at least 4 members (excludes halogenated alkanes) is 1. The summed E-state index contributed by atoms with van der Waals surface area (Å²) in [5, 5.41) is 12.9. The number of hydrogen-bond acceptors (Lipinski definition) is 3. The molecule has 0 amide bonds. The first kappa shape index (κ1) is 16.3. The molecule has 98 valence electrons. The van der Waals surface area contributed by atoms with E-state index in [1.54, 1.807) is 0 Å². The molecule has 0 aliphatic rings. The second-order valence-electron chi connectivity index (χ2n) is 4.54. The topological polar surface area (TPSA) is 32.3 Å². The van der Waals surface area contributed by atoms with Crippen LogP contribution in [0.25, 0.3) is 0 Å². The highest BCUT2D eigenvalue weighted by atomic mass is 32.2. The molecule has 2 nitrogen and oxygen atoms in total. The minimum Gasteiger partial charge on any atom is -0.396 e. The molecule has 2 N–H and O–H groups in total. The van der Waals surface area contributed by atoms with Crippen LogP contribution >= 0.6 is 11.8 Å². The van der Waals surface area contributed by atoms with Gasteiger partial charge in [0, 0.05) is 17.9 Å². The maximum absolute atomic E-state index is 8.77. The van der Waals surface area contributed by atoms with Crippen LogP contribution in [0.3, 0.4) is 0 Å². The summed E-state index contributed by atoms with van der Waals surface area (Å²) in [6, 6.07) is 0.666. The van der Waals surface area contributed by atoms with Gasteiger partial charge in [-0.25, -0.2) is 0 Å². The van der Waals surface area contributed by atoms with Crippen LogP contribution < -0.4 is 5.32 Å². The van der Waals surface area contributed by atoms with Crippen molar-refractivity contribution in [3.05, 3.63) is 0 Å². The van der Waals surface area contributed by atoms with Gasteiger partial charge in [0.2, 0.25) is 0 Å². The second-order valence-corrected chi connectivity index (χ2v) is 6.09. The van der Waals surface area contributed by atoms with E-state index in [2.05, 4.69) is 26.1 Å². The molecule has 0 spiro atoms. The number of thioether (sulfide) groups is 1. The number of rotatable bonds is 11. The van der Waals surface area contributed by atoms with Crippen LogP contribution in [0, 0.1) is 0 Å². The SMILES string of the molecule is CCCNC(C)CCCCSC(C)CCO. The van der Waals surface area contributed by atoms with Gasteiger partial charge in [0.25, 0.3) is 0 Å². The molecule has 0 aliphatic heterocycles. The molecular weight excluding hydrogens is 218 g/mol. The Bertz CT molecular complexity index is 144. The Kier molecular flexibility index (Phi) is 11.9. The number of nitrogens with one attached hydrogen (secondary N) is 1.